The average molecular weight is 316 g/mol. The van der Waals surface area contributed by atoms with Gasteiger partial charge in [-0.15, -0.1) is 0 Å². The second-order valence-corrected chi connectivity index (χ2v) is 5.17. The second kappa shape index (κ2) is 9.55. The predicted octanol–water partition coefficient (Wildman–Crippen LogP) is 2.47. The molecule has 1 aromatic carbocycles. The molecule has 0 heterocycles. The van der Waals surface area contributed by atoms with Crippen LogP contribution in [0.5, 0.6) is 0 Å². The van der Waals surface area contributed by atoms with E-state index in [-0.39, 0.29) is 37.3 Å². The van der Waals surface area contributed by atoms with Crippen LogP contribution in [0.15, 0.2) is 24.3 Å². The normalized spacial score (nSPS) is 11.6. The molecule has 0 N–H and O–H groups in total. The summed E-state index contributed by atoms with van der Waals surface area (Å²) in [6.07, 6.45) is 0.239. The minimum atomic E-state index is -0.275. The molecule has 1 amide bonds. The van der Waals surface area contributed by atoms with E-state index in [1.165, 1.54) is 17.0 Å². The van der Waals surface area contributed by atoms with Gasteiger partial charge >= 0.3 is 0 Å². The zero-order chi connectivity index (χ0) is 17.2. The number of halogens is 1. The molecule has 0 saturated carbocycles. The highest BCUT2D eigenvalue weighted by molar-refractivity contribution is 5.76. The van der Waals surface area contributed by atoms with Gasteiger partial charge < -0.3 is 4.90 Å². The van der Waals surface area contributed by atoms with Crippen molar-refractivity contribution in [2.24, 2.45) is 0 Å². The van der Waals surface area contributed by atoms with Crippen LogP contribution in [0.1, 0.15) is 31.9 Å². The molecule has 0 radical (unpaired) electrons. The van der Waals surface area contributed by atoms with Gasteiger partial charge in [-0.3, -0.25) is 9.69 Å². The average Bonchev–Trinajstić information content (AvgIpc) is 2.55. The first-order valence-electron chi connectivity index (χ1n) is 7.54. The number of amides is 1. The van der Waals surface area contributed by atoms with E-state index in [2.05, 4.69) is 4.90 Å². The fourth-order valence-electron chi connectivity index (χ4n) is 2.38. The number of nitriles is 2. The van der Waals surface area contributed by atoms with Crippen LogP contribution in [0.25, 0.3) is 0 Å². The van der Waals surface area contributed by atoms with Gasteiger partial charge in [0.15, 0.2) is 0 Å². The maximum absolute atomic E-state index is 13.0. The lowest BCUT2D eigenvalue weighted by Crippen LogP contribution is -2.36. The van der Waals surface area contributed by atoms with Crippen molar-refractivity contribution in [1.29, 1.82) is 10.5 Å². The summed E-state index contributed by atoms with van der Waals surface area (Å²) in [7, 11) is 0. The van der Waals surface area contributed by atoms with Crippen molar-refractivity contribution >= 4 is 5.91 Å². The highest BCUT2D eigenvalue weighted by Gasteiger charge is 2.18. The third kappa shape index (κ3) is 5.69. The van der Waals surface area contributed by atoms with Crippen LogP contribution in [0.2, 0.25) is 0 Å². The second-order valence-electron chi connectivity index (χ2n) is 5.17. The van der Waals surface area contributed by atoms with Crippen molar-refractivity contribution in [1.82, 2.24) is 9.80 Å². The van der Waals surface area contributed by atoms with E-state index in [0.29, 0.717) is 6.54 Å². The number of hydrogen-bond donors (Lipinski definition) is 0. The number of carbonyl (C=O) groups excluding carboxylic acids is 1. The summed E-state index contributed by atoms with van der Waals surface area (Å²) in [6, 6.07) is 10.2. The Bertz CT molecular complexity index is 572. The number of nitrogens with zero attached hydrogens (tertiary/aromatic N) is 4. The van der Waals surface area contributed by atoms with Crippen LogP contribution < -0.4 is 0 Å². The highest BCUT2D eigenvalue weighted by atomic mass is 19.1. The summed E-state index contributed by atoms with van der Waals surface area (Å²) in [5.41, 5.74) is 0.978. The topological polar surface area (TPSA) is 71.1 Å². The third-order valence-electron chi connectivity index (χ3n) is 3.80. The predicted molar refractivity (Wildman–Crippen MR) is 84.5 cm³/mol. The summed E-state index contributed by atoms with van der Waals surface area (Å²) in [5.74, 6) is -0.485. The molecule has 0 aliphatic carbocycles. The number of rotatable bonds is 8. The van der Waals surface area contributed by atoms with E-state index in [9.17, 15) is 9.18 Å². The molecule has 0 aliphatic rings. The fourth-order valence-corrected chi connectivity index (χ4v) is 2.38. The van der Waals surface area contributed by atoms with Crippen LogP contribution in [0.3, 0.4) is 0 Å². The molecule has 0 aromatic heterocycles. The Labute approximate surface area is 136 Å². The van der Waals surface area contributed by atoms with Gasteiger partial charge in [-0.05, 0) is 31.2 Å². The molecular weight excluding hydrogens is 295 g/mol. The van der Waals surface area contributed by atoms with E-state index in [0.717, 1.165) is 12.1 Å². The Morgan fingerprint density at radius 2 is 1.78 bits per heavy atom. The molecule has 0 unspecified atom stereocenters. The zero-order valence-corrected chi connectivity index (χ0v) is 13.5. The quantitative estimate of drug-likeness (QED) is 0.691. The van der Waals surface area contributed by atoms with Crippen molar-refractivity contribution in [3.63, 3.8) is 0 Å². The number of carbonyl (C=O) groups is 1. The first-order valence-corrected chi connectivity index (χ1v) is 7.54. The van der Waals surface area contributed by atoms with Crippen molar-refractivity contribution in [3.05, 3.63) is 35.6 Å². The van der Waals surface area contributed by atoms with Crippen molar-refractivity contribution in [3.8, 4) is 12.1 Å². The van der Waals surface area contributed by atoms with Crippen LogP contribution in [-0.4, -0.2) is 41.9 Å². The monoisotopic (exact) mass is 316 g/mol. The van der Waals surface area contributed by atoms with E-state index in [1.54, 1.807) is 12.1 Å². The molecule has 1 atom stereocenters. The Hall–Kier alpha value is -2.44. The number of benzene rings is 1. The van der Waals surface area contributed by atoms with Gasteiger partial charge in [0.2, 0.25) is 5.91 Å². The lowest BCUT2D eigenvalue weighted by molar-refractivity contribution is -0.130. The Morgan fingerprint density at radius 3 is 2.26 bits per heavy atom. The molecule has 1 aromatic rings. The molecule has 0 aliphatic heterocycles. The third-order valence-corrected chi connectivity index (χ3v) is 3.80. The smallest absolute Gasteiger partial charge is 0.225 e. The first kappa shape index (κ1) is 18.6. The van der Waals surface area contributed by atoms with Crippen molar-refractivity contribution in [2.75, 3.05) is 26.2 Å². The summed E-state index contributed by atoms with van der Waals surface area (Å²) >= 11 is 0. The summed E-state index contributed by atoms with van der Waals surface area (Å²) in [5, 5.41) is 17.4. The van der Waals surface area contributed by atoms with Gasteiger partial charge in [0.25, 0.3) is 0 Å². The molecule has 0 spiro atoms. The van der Waals surface area contributed by atoms with E-state index in [4.69, 9.17) is 10.5 Å². The van der Waals surface area contributed by atoms with E-state index in [1.807, 2.05) is 26.0 Å². The minimum absolute atomic E-state index is 0.0498. The fraction of sp³-hybridized carbons (Fsp3) is 0.471. The van der Waals surface area contributed by atoms with Crippen LogP contribution in [0.4, 0.5) is 4.39 Å². The lowest BCUT2D eigenvalue weighted by Gasteiger charge is -2.28. The molecule has 0 fully saturated rings. The van der Waals surface area contributed by atoms with Gasteiger partial charge in [-0.1, -0.05) is 19.1 Å². The first-order chi connectivity index (χ1) is 11.0. The number of hydrogen-bond acceptors (Lipinski definition) is 4. The zero-order valence-electron chi connectivity index (χ0n) is 13.5. The summed E-state index contributed by atoms with van der Waals surface area (Å²) in [4.78, 5) is 15.4. The van der Waals surface area contributed by atoms with Crippen LogP contribution in [0, 0.1) is 28.5 Å². The molecule has 6 heteroatoms. The largest absolute Gasteiger partial charge is 0.316 e. The molecule has 0 saturated heterocycles. The SMILES string of the molecule is CCN(CCC(=O)N(CC#N)CC#N)[C@H](C)c1ccc(F)cc1. The maximum Gasteiger partial charge on any atom is 0.225 e. The van der Waals surface area contributed by atoms with E-state index < -0.39 is 0 Å². The molecule has 122 valence electrons. The van der Waals surface area contributed by atoms with Gasteiger partial charge in [0.05, 0.1) is 12.1 Å². The van der Waals surface area contributed by atoms with Crippen molar-refractivity contribution < 1.29 is 9.18 Å². The van der Waals surface area contributed by atoms with Gasteiger partial charge in [-0.25, -0.2) is 4.39 Å². The van der Waals surface area contributed by atoms with Crippen molar-refractivity contribution in [2.45, 2.75) is 26.3 Å². The molecule has 5 nitrogen and oxygen atoms in total. The molecule has 23 heavy (non-hydrogen) atoms. The maximum atomic E-state index is 13.0. The van der Waals surface area contributed by atoms with Gasteiger partial charge in [0.1, 0.15) is 18.9 Å². The Balaban J connectivity index is 2.65. The summed E-state index contributed by atoms with van der Waals surface area (Å²) in [6.45, 7) is 5.10. The Morgan fingerprint density at radius 1 is 1.22 bits per heavy atom. The molecule has 1 rings (SSSR count). The van der Waals surface area contributed by atoms with E-state index >= 15 is 0 Å². The van der Waals surface area contributed by atoms with Gasteiger partial charge in [0, 0.05) is 19.0 Å². The standard InChI is InChI=1S/C17H21FN4O/c1-3-21(14(2)15-4-6-16(18)7-5-15)11-8-17(23)22(12-9-19)13-10-20/h4-7,14H,3,8,11-13H2,1-2H3/t14-/m1/s1. The molecule has 0 bridgehead atoms. The lowest BCUT2D eigenvalue weighted by atomic mass is 10.1. The van der Waals surface area contributed by atoms with Crippen LogP contribution >= 0.6 is 0 Å². The minimum Gasteiger partial charge on any atom is -0.316 e. The van der Waals surface area contributed by atoms with Crippen LogP contribution in [-0.2, 0) is 4.79 Å². The molecular formula is C17H21FN4O. The Kier molecular flexibility index (Phi) is 7.73. The highest BCUT2D eigenvalue weighted by Crippen LogP contribution is 2.20. The van der Waals surface area contributed by atoms with Gasteiger partial charge in [-0.2, -0.15) is 10.5 Å². The summed E-state index contributed by atoms with van der Waals surface area (Å²) < 4.78 is 13.0.